The van der Waals surface area contributed by atoms with Gasteiger partial charge in [-0.1, -0.05) is 12.1 Å². The van der Waals surface area contributed by atoms with Crippen LogP contribution in [0.3, 0.4) is 0 Å². The lowest BCUT2D eigenvalue weighted by molar-refractivity contribution is 0.644. The summed E-state index contributed by atoms with van der Waals surface area (Å²) in [6, 6.07) is 7.46. The number of aromatic nitrogens is 1. The van der Waals surface area contributed by atoms with Crippen molar-refractivity contribution in [1.82, 2.24) is 4.98 Å². The SMILES string of the molecule is [B]c1nc2ccccc2o1. The molecule has 1 aromatic carbocycles. The molecule has 1 aromatic heterocycles. The summed E-state index contributed by atoms with van der Waals surface area (Å²) in [5, 5.41) is 0. The van der Waals surface area contributed by atoms with Gasteiger partial charge in [0.2, 0.25) is 0 Å². The summed E-state index contributed by atoms with van der Waals surface area (Å²) in [6.45, 7) is 0. The maximum atomic E-state index is 5.31. The van der Waals surface area contributed by atoms with E-state index in [0.717, 1.165) is 11.1 Å². The zero-order valence-corrected chi connectivity index (χ0v) is 5.24. The molecule has 2 nitrogen and oxygen atoms in total. The summed E-state index contributed by atoms with van der Waals surface area (Å²) < 4.78 is 5.03. The van der Waals surface area contributed by atoms with E-state index in [4.69, 9.17) is 12.3 Å². The van der Waals surface area contributed by atoms with E-state index in [0.29, 0.717) is 0 Å². The second kappa shape index (κ2) is 1.87. The van der Waals surface area contributed by atoms with Crippen LogP contribution in [0.4, 0.5) is 0 Å². The van der Waals surface area contributed by atoms with E-state index >= 15 is 0 Å². The van der Waals surface area contributed by atoms with E-state index in [-0.39, 0.29) is 5.79 Å². The highest BCUT2D eigenvalue weighted by molar-refractivity contribution is 6.28. The molecule has 0 bridgehead atoms. The number of para-hydroxylation sites is 2. The predicted octanol–water partition coefficient (Wildman–Crippen LogP) is 0.622. The van der Waals surface area contributed by atoms with Gasteiger partial charge in [-0.2, -0.15) is 0 Å². The van der Waals surface area contributed by atoms with Crippen LogP contribution < -0.4 is 5.79 Å². The van der Waals surface area contributed by atoms with E-state index in [1.165, 1.54) is 0 Å². The van der Waals surface area contributed by atoms with Gasteiger partial charge in [0.05, 0.1) is 0 Å². The number of oxazole rings is 1. The van der Waals surface area contributed by atoms with E-state index in [1.807, 2.05) is 24.3 Å². The Balaban J connectivity index is 2.88. The van der Waals surface area contributed by atoms with Gasteiger partial charge in [-0.05, 0) is 12.1 Å². The van der Waals surface area contributed by atoms with Crippen LogP contribution in [0.5, 0.6) is 0 Å². The fourth-order valence-corrected chi connectivity index (χ4v) is 0.890. The van der Waals surface area contributed by atoms with Crippen molar-refractivity contribution in [2.24, 2.45) is 0 Å². The number of fused-ring (bicyclic) bond motifs is 1. The minimum atomic E-state index is 0.223. The Bertz CT molecular complexity index is 322. The monoisotopic (exact) mass is 129 g/mol. The molecule has 2 aromatic rings. The van der Waals surface area contributed by atoms with Crippen LogP contribution >= 0.6 is 0 Å². The number of hydrogen-bond acceptors (Lipinski definition) is 2. The van der Waals surface area contributed by atoms with E-state index < -0.39 is 0 Å². The molecule has 0 aliphatic carbocycles. The number of hydrogen-bond donors (Lipinski definition) is 0. The second-order valence-electron chi connectivity index (χ2n) is 2.02. The molecule has 0 amide bonds. The van der Waals surface area contributed by atoms with Gasteiger partial charge in [-0.3, -0.25) is 0 Å². The summed E-state index contributed by atoms with van der Waals surface area (Å²) in [5.41, 5.74) is 1.54. The van der Waals surface area contributed by atoms with Crippen LogP contribution in [-0.2, 0) is 0 Å². The molecule has 2 rings (SSSR count). The van der Waals surface area contributed by atoms with Crippen LogP contribution in [-0.4, -0.2) is 12.8 Å². The molecular weight excluding hydrogens is 125 g/mol. The third-order valence-corrected chi connectivity index (χ3v) is 1.31. The molecule has 3 heteroatoms. The Morgan fingerprint density at radius 3 is 2.90 bits per heavy atom. The minimum Gasteiger partial charge on any atom is -0.452 e. The smallest absolute Gasteiger partial charge is 0.197 e. The molecule has 0 atom stereocenters. The van der Waals surface area contributed by atoms with Gasteiger partial charge in [-0.15, -0.1) is 0 Å². The van der Waals surface area contributed by atoms with E-state index in [1.54, 1.807) is 0 Å². The third-order valence-electron chi connectivity index (χ3n) is 1.31. The second-order valence-corrected chi connectivity index (χ2v) is 2.02. The molecule has 0 spiro atoms. The van der Waals surface area contributed by atoms with Crippen molar-refractivity contribution in [3.63, 3.8) is 0 Å². The Kier molecular flexibility index (Phi) is 1.03. The number of nitrogens with zero attached hydrogens (tertiary/aromatic N) is 1. The van der Waals surface area contributed by atoms with Gasteiger partial charge in [0, 0.05) is 0 Å². The van der Waals surface area contributed by atoms with Crippen LogP contribution in [0.1, 0.15) is 0 Å². The van der Waals surface area contributed by atoms with Gasteiger partial charge in [0.25, 0.3) is 0 Å². The quantitative estimate of drug-likeness (QED) is 0.487. The fraction of sp³-hybridized carbons (Fsp3) is 0. The van der Waals surface area contributed by atoms with Crippen LogP contribution in [0.2, 0.25) is 0 Å². The van der Waals surface area contributed by atoms with Crippen molar-refractivity contribution in [3.05, 3.63) is 24.3 Å². The molecule has 10 heavy (non-hydrogen) atoms. The van der Waals surface area contributed by atoms with Gasteiger partial charge in [0.1, 0.15) is 11.3 Å². The summed E-state index contributed by atoms with van der Waals surface area (Å²) in [5.74, 6) is 0.223. The Hall–Kier alpha value is -1.25. The topological polar surface area (TPSA) is 26.0 Å². The first-order valence-corrected chi connectivity index (χ1v) is 2.97. The first kappa shape index (κ1) is 5.53. The van der Waals surface area contributed by atoms with E-state index in [2.05, 4.69) is 4.98 Å². The van der Waals surface area contributed by atoms with Crippen molar-refractivity contribution < 1.29 is 4.42 Å². The molecule has 2 radical (unpaired) electrons. The normalized spacial score (nSPS) is 10.4. The van der Waals surface area contributed by atoms with Gasteiger partial charge >= 0.3 is 0 Å². The molecule has 0 unspecified atom stereocenters. The average Bonchev–Trinajstić information content (AvgIpc) is 2.27. The lowest BCUT2D eigenvalue weighted by Crippen LogP contribution is -1.99. The summed E-state index contributed by atoms with van der Waals surface area (Å²) in [4.78, 5) is 3.92. The standard InChI is InChI=1S/C7H4BNO/c8-7-9-5-3-1-2-4-6(5)10-7/h1-4H. The van der Waals surface area contributed by atoms with Gasteiger partial charge in [0.15, 0.2) is 13.4 Å². The van der Waals surface area contributed by atoms with Crippen LogP contribution in [0.25, 0.3) is 11.1 Å². The zero-order valence-electron chi connectivity index (χ0n) is 5.24. The molecular formula is C7H4BNO. The zero-order chi connectivity index (χ0) is 6.97. The van der Waals surface area contributed by atoms with Crippen molar-refractivity contribution in [2.45, 2.75) is 0 Å². The Labute approximate surface area is 59.3 Å². The highest BCUT2D eigenvalue weighted by atomic mass is 16.3. The van der Waals surface area contributed by atoms with Crippen molar-refractivity contribution >= 4 is 24.7 Å². The summed E-state index contributed by atoms with van der Waals surface area (Å²) >= 11 is 0. The molecule has 0 fully saturated rings. The lowest BCUT2D eigenvalue weighted by Gasteiger charge is -1.79. The largest absolute Gasteiger partial charge is 0.452 e. The first-order chi connectivity index (χ1) is 4.86. The highest BCUT2D eigenvalue weighted by Gasteiger charge is 1.96. The Morgan fingerprint density at radius 2 is 2.10 bits per heavy atom. The van der Waals surface area contributed by atoms with Gasteiger partial charge in [-0.25, -0.2) is 4.98 Å². The van der Waals surface area contributed by atoms with Crippen molar-refractivity contribution in [3.8, 4) is 0 Å². The molecule has 0 aliphatic rings. The maximum Gasteiger partial charge on any atom is 0.197 e. The van der Waals surface area contributed by atoms with E-state index in [9.17, 15) is 0 Å². The Morgan fingerprint density at radius 1 is 1.30 bits per heavy atom. The summed E-state index contributed by atoms with van der Waals surface area (Å²) in [6.07, 6.45) is 0. The fourth-order valence-electron chi connectivity index (χ4n) is 0.890. The van der Waals surface area contributed by atoms with Gasteiger partial charge < -0.3 is 4.42 Å². The predicted molar refractivity (Wildman–Crippen MR) is 39.4 cm³/mol. The average molecular weight is 129 g/mol. The maximum absolute atomic E-state index is 5.31. The highest BCUT2D eigenvalue weighted by Crippen LogP contribution is 2.07. The minimum absolute atomic E-state index is 0.223. The molecule has 1 heterocycles. The number of benzene rings is 1. The molecule has 0 saturated carbocycles. The van der Waals surface area contributed by atoms with Crippen LogP contribution in [0.15, 0.2) is 28.7 Å². The molecule has 46 valence electrons. The van der Waals surface area contributed by atoms with Crippen LogP contribution in [0, 0.1) is 0 Å². The van der Waals surface area contributed by atoms with Crippen molar-refractivity contribution in [1.29, 1.82) is 0 Å². The third kappa shape index (κ3) is 0.710. The molecule has 0 aliphatic heterocycles. The first-order valence-electron chi connectivity index (χ1n) is 2.97. The summed E-state index contributed by atoms with van der Waals surface area (Å²) in [7, 11) is 5.31. The molecule has 0 saturated heterocycles. The van der Waals surface area contributed by atoms with Crippen molar-refractivity contribution in [2.75, 3.05) is 0 Å². The molecule has 0 N–H and O–H groups in total. The lowest BCUT2D eigenvalue weighted by atomic mass is 10.2. The number of rotatable bonds is 0.